The molecule has 0 saturated heterocycles. The number of hydrogen-bond donors (Lipinski definition) is 2. The smallest absolute Gasteiger partial charge is 0.318 e. The normalized spacial score (nSPS) is 22.9. The van der Waals surface area contributed by atoms with E-state index in [1.807, 2.05) is 31.2 Å². The molecule has 5 nitrogen and oxygen atoms in total. The van der Waals surface area contributed by atoms with Crippen molar-refractivity contribution in [1.82, 2.24) is 10.2 Å². The minimum absolute atomic E-state index is 0.118. The fourth-order valence-corrected chi connectivity index (χ4v) is 3.14. The molecule has 1 aliphatic heterocycles. The summed E-state index contributed by atoms with van der Waals surface area (Å²) in [5.41, 5.74) is 1.63. The molecule has 0 radical (unpaired) electrons. The minimum atomic E-state index is -0.880. The summed E-state index contributed by atoms with van der Waals surface area (Å²) in [6, 6.07) is 7.32. The number of aliphatic carboxylic acids is 1. The zero-order chi connectivity index (χ0) is 15.0. The van der Waals surface area contributed by atoms with Crippen molar-refractivity contribution in [2.24, 2.45) is 0 Å². The summed E-state index contributed by atoms with van der Waals surface area (Å²) >= 11 is 0. The van der Waals surface area contributed by atoms with Crippen LogP contribution in [0.15, 0.2) is 24.3 Å². The highest BCUT2D eigenvalue weighted by molar-refractivity contribution is 5.81. The first-order chi connectivity index (χ1) is 9.98. The van der Waals surface area contributed by atoms with Gasteiger partial charge in [0, 0.05) is 18.6 Å². The predicted molar refractivity (Wildman–Crippen MR) is 78.0 cm³/mol. The first-order valence-corrected chi connectivity index (χ1v) is 7.36. The third-order valence-corrected chi connectivity index (χ3v) is 4.65. The summed E-state index contributed by atoms with van der Waals surface area (Å²) in [7, 11) is 0. The molecule has 3 rings (SSSR count). The molecular formula is C16H20N2O3. The number of hydrogen-bond acceptors (Lipinski definition) is 2. The Balaban J connectivity index is 1.79. The Morgan fingerprint density at radius 1 is 1.33 bits per heavy atom. The van der Waals surface area contributed by atoms with Crippen LogP contribution in [0.2, 0.25) is 0 Å². The van der Waals surface area contributed by atoms with Crippen molar-refractivity contribution in [3.8, 4) is 0 Å². The van der Waals surface area contributed by atoms with Crippen LogP contribution in [0.3, 0.4) is 0 Å². The van der Waals surface area contributed by atoms with Crippen LogP contribution in [0.1, 0.15) is 43.2 Å². The van der Waals surface area contributed by atoms with Crippen molar-refractivity contribution in [3.05, 3.63) is 35.4 Å². The Hall–Kier alpha value is -2.04. The van der Waals surface area contributed by atoms with Crippen molar-refractivity contribution >= 4 is 12.0 Å². The minimum Gasteiger partial charge on any atom is -0.481 e. The van der Waals surface area contributed by atoms with Gasteiger partial charge in [-0.2, -0.15) is 0 Å². The van der Waals surface area contributed by atoms with Crippen LogP contribution < -0.4 is 5.32 Å². The molecule has 2 aliphatic rings. The van der Waals surface area contributed by atoms with Crippen molar-refractivity contribution < 1.29 is 14.7 Å². The monoisotopic (exact) mass is 288 g/mol. The maximum absolute atomic E-state index is 12.4. The number of carboxylic acid groups (broad SMARTS) is 1. The van der Waals surface area contributed by atoms with Crippen molar-refractivity contribution in [2.45, 2.75) is 44.2 Å². The van der Waals surface area contributed by atoms with Crippen LogP contribution >= 0.6 is 0 Å². The zero-order valence-corrected chi connectivity index (χ0v) is 12.1. The van der Waals surface area contributed by atoms with Gasteiger partial charge in [0.15, 0.2) is 0 Å². The number of nitrogens with one attached hydrogen (secondary N) is 1. The van der Waals surface area contributed by atoms with Gasteiger partial charge in [-0.25, -0.2) is 4.79 Å². The van der Waals surface area contributed by atoms with E-state index in [1.54, 1.807) is 4.90 Å². The van der Waals surface area contributed by atoms with E-state index in [0.29, 0.717) is 6.54 Å². The van der Waals surface area contributed by atoms with Gasteiger partial charge in [0.05, 0.1) is 5.92 Å². The highest BCUT2D eigenvalue weighted by Crippen LogP contribution is 2.32. The molecule has 1 atom stereocenters. The lowest BCUT2D eigenvalue weighted by molar-refractivity contribution is -0.139. The highest BCUT2D eigenvalue weighted by Gasteiger charge is 2.37. The number of carboxylic acids is 1. The molecule has 0 aromatic heterocycles. The van der Waals surface area contributed by atoms with E-state index in [0.717, 1.165) is 30.4 Å². The Bertz CT molecular complexity index is 581. The van der Waals surface area contributed by atoms with E-state index < -0.39 is 11.9 Å². The molecule has 112 valence electrons. The van der Waals surface area contributed by atoms with Crippen LogP contribution in [-0.4, -0.2) is 34.1 Å². The molecule has 2 amide bonds. The van der Waals surface area contributed by atoms with Gasteiger partial charge in [0.1, 0.15) is 0 Å². The molecule has 1 aromatic carbocycles. The molecule has 1 aliphatic carbocycles. The summed E-state index contributed by atoms with van der Waals surface area (Å²) in [6.07, 6.45) is 3.12. The molecule has 21 heavy (non-hydrogen) atoms. The Kier molecular flexibility index (Phi) is 3.35. The summed E-state index contributed by atoms with van der Waals surface area (Å²) in [4.78, 5) is 25.5. The maximum atomic E-state index is 12.4. The average Bonchev–Trinajstić information content (AvgIpc) is 2.44. The SMILES string of the molecule is CC1(NC(=O)N2Cc3ccccc3C(C(=O)O)C2)CCC1. The number of urea groups is 1. The second-order valence-corrected chi connectivity index (χ2v) is 6.31. The second-order valence-electron chi connectivity index (χ2n) is 6.31. The van der Waals surface area contributed by atoms with Gasteiger partial charge in [-0.05, 0) is 37.3 Å². The topological polar surface area (TPSA) is 69.6 Å². The average molecular weight is 288 g/mol. The second kappa shape index (κ2) is 5.06. The number of nitrogens with zero attached hydrogens (tertiary/aromatic N) is 1. The fourth-order valence-electron chi connectivity index (χ4n) is 3.14. The van der Waals surface area contributed by atoms with E-state index in [2.05, 4.69) is 5.32 Å². The number of carbonyl (C=O) groups excluding carboxylic acids is 1. The van der Waals surface area contributed by atoms with E-state index in [-0.39, 0.29) is 18.1 Å². The zero-order valence-electron chi connectivity index (χ0n) is 12.1. The van der Waals surface area contributed by atoms with E-state index >= 15 is 0 Å². The summed E-state index contributed by atoms with van der Waals surface area (Å²) in [6.45, 7) is 2.75. The molecule has 1 fully saturated rings. The molecule has 1 aromatic rings. The first kappa shape index (κ1) is 13.9. The van der Waals surface area contributed by atoms with Gasteiger partial charge < -0.3 is 15.3 Å². The van der Waals surface area contributed by atoms with Gasteiger partial charge in [-0.3, -0.25) is 4.79 Å². The predicted octanol–water partition coefficient (Wildman–Crippen LogP) is 2.32. The lowest BCUT2D eigenvalue weighted by atomic mass is 9.78. The van der Waals surface area contributed by atoms with E-state index in [1.165, 1.54) is 0 Å². The Morgan fingerprint density at radius 2 is 2.05 bits per heavy atom. The summed E-state index contributed by atoms with van der Waals surface area (Å²) < 4.78 is 0. The number of carbonyl (C=O) groups is 2. The Labute approximate surface area is 123 Å². The summed E-state index contributed by atoms with van der Waals surface area (Å²) in [5, 5.41) is 12.5. The molecule has 1 heterocycles. The lowest BCUT2D eigenvalue weighted by Gasteiger charge is -2.42. The van der Waals surface area contributed by atoms with Crippen LogP contribution in [-0.2, 0) is 11.3 Å². The number of fused-ring (bicyclic) bond motifs is 1. The van der Waals surface area contributed by atoms with Crippen LogP contribution in [0.5, 0.6) is 0 Å². The van der Waals surface area contributed by atoms with Gasteiger partial charge in [-0.15, -0.1) is 0 Å². The molecular weight excluding hydrogens is 268 g/mol. The van der Waals surface area contributed by atoms with Crippen LogP contribution in [0.25, 0.3) is 0 Å². The van der Waals surface area contributed by atoms with Crippen molar-refractivity contribution in [2.75, 3.05) is 6.54 Å². The first-order valence-electron chi connectivity index (χ1n) is 7.36. The highest BCUT2D eigenvalue weighted by atomic mass is 16.4. The molecule has 0 bridgehead atoms. The quantitative estimate of drug-likeness (QED) is 0.877. The van der Waals surface area contributed by atoms with Crippen LogP contribution in [0, 0.1) is 0 Å². The third kappa shape index (κ3) is 2.60. The maximum Gasteiger partial charge on any atom is 0.318 e. The lowest BCUT2D eigenvalue weighted by Crippen LogP contribution is -2.56. The molecule has 2 N–H and O–H groups in total. The molecule has 1 saturated carbocycles. The van der Waals surface area contributed by atoms with Gasteiger partial charge in [-0.1, -0.05) is 24.3 Å². The summed E-state index contributed by atoms with van der Waals surface area (Å²) in [5.74, 6) is -1.52. The number of amides is 2. The molecule has 1 unspecified atom stereocenters. The van der Waals surface area contributed by atoms with Gasteiger partial charge >= 0.3 is 12.0 Å². The molecule has 5 heteroatoms. The van der Waals surface area contributed by atoms with Crippen molar-refractivity contribution in [1.29, 1.82) is 0 Å². The van der Waals surface area contributed by atoms with Crippen LogP contribution in [0.4, 0.5) is 4.79 Å². The van der Waals surface area contributed by atoms with Gasteiger partial charge in [0.2, 0.25) is 0 Å². The number of benzene rings is 1. The molecule has 0 spiro atoms. The van der Waals surface area contributed by atoms with Crippen molar-refractivity contribution in [3.63, 3.8) is 0 Å². The van der Waals surface area contributed by atoms with Gasteiger partial charge in [0.25, 0.3) is 0 Å². The Morgan fingerprint density at radius 3 is 2.67 bits per heavy atom. The van der Waals surface area contributed by atoms with E-state index in [4.69, 9.17) is 0 Å². The third-order valence-electron chi connectivity index (χ3n) is 4.65. The largest absolute Gasteiger partial charge is 0.481 e. The number of rotatable bonds is 2. The fraction of sp³-hybridized carbons (Fsp3) is 0.500. The van der Waals surface area contributed by atoms with E-state index in [9.17, 15) is 14.7 Å². The standard InChI is InChI=1S/C16H20N2O3/c1-16(7-4-8-16)17-15(21)18-9-11-5-2-3-6-12(11)13(10-18)14(19)20/h2-3,5-6,13H,4,7-10H2,1H3,(H,17,21)(H,19,20).